The highest BCUT2D eigenvalue weighted by Crippen LogP contribution is 2.65. The monoisotopic (exact) mass is 600 g/mol. The molecule has 1 aliphatic carbocycles. The van der Waals surface area contributed by atoms with Crippen LogP contribution in [-0.4, -0.2) is 21.3 Å². The van der Waals surface area contributed by atoms with Crippen LogP contribution < -0.4 is 21.5 Å². The van der Waals surface area contributed by atoms with Crippen LogP contribution in [0.2, 0.25) is 15.1 Å². The molecule has 0 bridgehead atoms. The fourth-order valence-corrected chi connectivity index (χ4v) is 5.43. The van der Waals surface area contributed by atoms with Crippen molar-refractivity contribution >= 4 is 98.5 Å². The zero-order valence-corrected chi connectivity index (χ0v) is 22.7. The first kappa shape index (κ1) is 26.8. The number of anilines is 2. The highest BCUT2D eigenvalue weighted by molar-refractivity contribution is 7.80. The molecule has 2 atom stereocenters. The quantitative estimate of drug-likeness (QED) is 0.147. The molecular formula is C24H17Cl5N4O2S. The smallest absolute Gasteiger partial charge is 0.271 e. The van der Waals surface area contributed by atoms with Crippen LogP contribution in [0.5, 0.6) is 0 Å². The number of thiocarbonyl (C=S) groups is 1. The summed E-state index contributed by atoms with van der Waals surface area (Å²) in [6, 6.07) is 18.6. The Bertz CT molecular complexity index is 1320. The standard InChI is InChI=1S/C24H17Cl5N4O2S/c25-13-8-12(9-14(26)10-13)19-20(24(19,28)29)22(35)30-16-6-7-18(27)17(11-16)21(34)32-33-23(36)31-15-4-2-1-3-5-15/h1-11,19-20H,(H,30,35)(H,32,34)(H2,31,33,36)/t19-,20+/m0/s1. The number of para-hydroxylation sites is 1. The van der Waals surface area contributed by atoms with Crippen molar-refractivity contribution in [3.05, 3.63) is 92.9 Å². The Hall–Kier alpha value is -2.26. The highest BCUT2D eigenvalue weighted by Gasteiger charge is 2.67. The third-order valence-electron chi connectivity index (χ3n) is 5.38. The largest absolute Gasteiger partial charge is 0.331 e. The first-order valence-corrected chi connectivity index (χ1v) is 12.7. The van der Waals surface area contributed by atoms with Crippen molar-refractivity contribution < 1.29 is 9.59 Å². The Kier molecular flexibility index (Phi) is 8.19. The maximum Gasteiger partial charge on any atom is 0.271 e. The van der Waals surface area contributed by atoms with Crippen LogP contribution in [0.3, 0.4) is 0 Å². The van der Waals surface area contributed by atoms with Crippen molar-refractivity contribution in [1.82, 2.24) is 10.9 Å². The number of hydrogen-bond donors (Lipinski definition) is 4. The lowest BCUT2D eigenvalue weighted by Crippen LogP contribution is -2.43. The molecular weight excluding hydrogens is 586 g/mol. The van der Waals surface area contributed by atoms with Gasteiger partial charge in [-0.2, -0.15) is 0 Å². The van der Waals surface area contributed by atoms with Crippen LogP contribution in [0.4, 0.5) is 11.4 Å². The molecule has 0 spiro atoms. The van der Waals surface area contributed by atoms with Gasteiger partial charge in [0.05, 0.1) is 16.5 Å². The summed E-state index contributed by atoms with van der Waals surface area (Å²) in [7, 11) is 0. The van der Waals surface area contributed by atoms with Gasteiger partial charge < -0.3 is 10.6 Å². The molecule has 0 heterocycles. The summed E-state index contributed by atoms with van der Waals surface area (Å²) in [5, 5.41) is 6.84. The molecule has 4 N–H and O–H groups in total. The van der Waals surface area contributed by atoms with Crippen LogP contribution in [-0.2, 0) is 4.79 Å². The van der Waals surface area contributed by atoms with E-state index in [1.165, 1.54) is 12.1 Å². The van der Waals surface area contributed by atoms with Gasteiger partial charge in [-0.25, -0.2) is 0 Å². The Morgan fingerprint density at radius 1 is 0.806 bits per heavy atom. The summed E-state index contributed by atoms with van der Waals surface area (Å²) < 4.78 is -1.34. The van der Waals surface area contributed by atoms with Crippen LogP contribution in [0.25, 0.3) is 0 Å². The van der Waals surface area contributed by atoms with Gasteiger partial charge in [0, 0.05) is 27.3 Å². The van der Waals surface area contributed by atoms with Gasteiger partial charge in [-0.3, -0.25) is 20.4 Å². The molecule has 0 radical (unpaired) electrons. The first-order chi connectivity index (χ1) is 17.1. The topological polar surface area (TPSA) is 82.3 Å². The van der Waals surface area contributed by atoms with Crippen molar-refractivity contribution in [3.63, 3.8) is 0 Å². The van der Waals surface area contributed by atoms with Crippen LogP contribution in [0.15, 0.2) is 66.7 Å². The van der Waals surface area contributed by atoms with Gasteiger partial charge in [0.25, 0.3) is 5.91 Å². The number of amides is 2. The van der Waals surface area contributed by atoms with Crippen LogP contribution in [0, 0.1) is 5.92 Å². The van der Waals surface area contributed by atoms with E-state index in [9.17, 15) is 9.59 Å². The molecule has 0 saturated heterocycles. The van der Waals surface area contributed by atoms with E-state index in [0.717, 1.165) is 5.69 Å². The van der Waals surface area contributed by atoms with Gasteiger partial charge in [-0.15, -0.1) is 23.2 Å². The lowest BCUT2D eigenvalue weighted by Gasteiger charge is -2.13. The molecule has 2 amide bonds. The second-order valence-corrected chi connectivity index (χ2v) is 11.0. The number of alkyl halides is 2. The number of hydrazine groups is 1. The number of halogens is 5. The van der Waals surface area contributed by atoms with Crippen molar-refractivity contribution in [2.24, 2.45) is 5.92 Å². The third kappa shape index (κ3) is 6.17. The molecule has 0 aromatic heterocycles. The highest BCUT2D eigenvalue weighted by atomic mass is 35.5. The lowest BCUT2D eigenvalue weighted by molar-refractivity contribution is -0.117. The second kappa shape index (κ2) is 11.0. The van der Waals surface area contributed by atoms with E-state index in [1.807, 2.05) is 30.3 Å². The van der Waals surface area contributed by atoms with E-state index in [0.29, 0.717) is 21.3 Å². The molecule has 12 heteroatoms. The molecule has 3 aromatic carbocycles. The minimum atomic E-state index is -1.34. The van der Waals surface area contributed by atoms with E-state index in [4.69, 9.17) is 70.2 Å². The van der Waals surface area contributed by atoms with Crippen molar-refractivity contribution in [2.75, 3.05) is 10.6 Å². The number of nitrogens with one attached hydrogen (secondary N) is 4. The van der Waals surface area contributed by atoms with Gasteiger partial charge >= 0.3 is 0 Å². The van der Waals surface area contributed by atoms with E-state index >= 15 is 0 Å². The van der Waals surface area contributed by atoms with Crippen LogP contribution in [0.1, 0.15) is 21.8 Å². The van der Waals surface area contributed by atoms with Gasteiger partial charge in [0.1, 0.15) is 4.33 Å². The van der Waals surface area contributed by atoms with Crippen LogP contribution >= 0.6 is 70.2 Å². The van der Waals surface area contributed by atoms with Crippen molar-refractivity contribution in [3.8, 4) is 0 Å². The summed E-state index contributed by atoms with van der Waals surface area (Å²) in [5.41, 5.74) is 6.93. The predicted octanol–water partition coefficient (Wildman–Crippen LogP) is 6.80. The molecule has 0 aliphatic heterocycles. The second-order valence-electron chi connectivity index (χ2n) is 7.92. The number of benzene rings is 3. The van der Waals surface area contributed by atoms with Gasteiger partial charge in [0.2, 0.25) is 5.91 Å². The zero-order chi connectivity index (χ0) is 26.0. The molecule has 4 rings (SSSR count). The molecule has 36 heavy (non-hydrogen) atoms. The predicted molar refractivity (Wildman–Crippen MR) is 150 cm³/mol. The van der Waals surface area contributed by atoms with E-state index in [1.54, 1.807) is 24.3 Å². The fourth-order valence-electron chi connectivity index (χ4n) is 3.68. The first-order valence-electron chi connectivity index (χ1n) is 10.4. The molecule has 186 valence electrons. The summed E-state index contributed by atoms with van der Waals surface area (Å²) in [4.78, 5) is 25.7. The Balaban J connectivity index is 1.40. The third-order valence-corrected chi connectivity index (χ3v) is 7.29. The Morgan fingerprint density at radius 2 is 1.47 bits per heavy atom. The minimum absolute atomic E-state index is 0.112. The summed E-state index contributed by atoms with van der Waals surface area (Å²) in [5.74, 6) is -2.25. The SMILES string of the molecule is O=C(NNC(=S)Nc1ccccc1)c1cc(NC(=O)[C@H]2[C@H](c3cc(Cl)cc(Cl)c3)C2(Cl)Cl)ccc1Cl. The van der Waals surface area contributed by atoms with Crippen molar-refractivity contribution in [2.45, 2.75) is 10.3 Å². The average Bonchev–Trinajstić information content (AvgIpc) is 3.41. The summed E-state index contributed by atoms with van der Waals surface area (Å²) in [6.07, 6.45) is 0. The van der Waals surface area contributed by atoms with E-state index in [-0.39, 0.29) is 15.7 Å². The summed E-state index contributed by atoms with van der Waals surface area (Å²) >= 11 is 36.4. The van der Waals surface area contributed by atoms with Crippen molar-refractivity contribution in [1.29, 1.82) is 0 Å². The van der Waals surface area contributed by atoms with Gasteiger partial charge in [-0.1, -0.05) is 53.0 Å². The molecule has 1 aliphatic rings. The van der Waals surface area contributed by atoms with Gasteiger partial charge in [-0.05, 0) is 66.3 Å². The maximum atomic E-state index is 13.0. The molecule has 0 unspecified atom stereocenters. The minimum Gasteiger partial charge on any atom is -0.331 e. The zero-order valence-electron chi connectivity index (χ0n) is 18.1. The average molecular weight is 603 g/mol. The maximum absolute atomic E-state index is 13.0. The number of rotatable bonds is 5. The molecule has 1 fully saturated rings. The number of carbonyl (C=O) groups is 2. The van der Waals surface area contributed by atoms with E-state index < -0.39 is 28.0 Å². The Morgan fingerprint density at radius 3 is 2.14 bits per heavy atom. The lowest BCUT2D eigenvalue weighted by atomic mass is 10.1. The Labute approximate surface area is 237 Å². The van der Waals surface area contributed by atoms with E-state index in [2.05, 4.69) is 21.5 Å². The summed E-state index contributed by atoms with van der Waals surface area (Å²) in [6.45, 7) is 0. The normalized spacial score (nSPS) is 17.6. The molecule has 1 saturated carbocycles. The molecule has 6 nitrogen and oxygen atoms in total. The van der Waals surface area contributed by atoms with Gasteiger partial charge in [0.15, 0.2) is 5.11 Å². The molecule has 3 aromatic rings. The number of carbonyl (C=O) groups excluding carboxylic acids is 2. The number of hydrogen-bond acceptors (Lipinski definition) is 3. The fraction of sp³-hybridized carbons (Fsp3) is 0.125.